The molecule has 2 aromatic carbocycles. The molecule has 4 aliphatic rings. The Morgan fingerprint density at radius 3 is 2.61 bits per heavy atom. The summed E-state index contributed by atoms with van der Waals surface area (Å²) in [7, 11) is 0. The van der Waals surface area contributed by atoms with Crippen LogP contribution in [0.4, 0.5) is 17.6 Å². The lowest BCUT2D eigenvalue weighted by Gasteiger charge is -2.39. The maximum absolute atomic E-state index is 6.32. The number of rotatable bonds is 4. The molecule has 1 spiro atoms. The van der Waals surface area contributed by atoms with E-state index in [0.29, 0.717) is 17.8 Å². The van der Waals surface area contributed by atoms with Gasteiger partial charge in [0.2, 0.25) is 11.9 Å². The first kappa shape index (κ1) is 24.9. The van der Waals surface area contributed by atoms with Crippen LogP contribution in [0.5, 0.6) is 0 Å². The van der Waals surface area contributed by atoms with Crippen molar-refractivity contribution in [1.29, 1.82) is 0 Å². The lowest BCUT2D eigenvalue weighted by Crippen LogP contribution is -2.47. The maximum atomic E-state index is 6.32. The zero-order valence-corrected chi connectivity index (χ0v) is 23.4. The van der Waals surface area contributed by atoms with Gasteiger partial charge in [-0.2, -0.15) is 9.67 Å². The first-order chi connectivity index (χ1) is 20.1. The fourth-order valence-electron chi connectivity index (χ4n) is 7.29. The Morgan fingerprint density at radius 1 is 0.902 bits per heavy atom. The van der Waals surface area contributed by atoms with Crippen molar-refractivity contribution in [2.75, 3.05) is 30.7 Å². The number of anilines is 3. The van der Waals surface area contributed by atoms with Gasteiger partial charge in [-0.1, -0.05) is 30.3 Å². The van der Waals surface area contributed by atoms with Gasteiger partial charge in [-0.3, -0.25) is 4.90 Å². The van der Waals surface area contributed by atoms with Crippen molar-refractivity contribution in [1.82, 2.24) is 29.9 Å². The van der Waals surface area contributed by atoms with Gasteiger partial charge in [-0.05, 0) is 91.8 Å². The van der Waals surface area contributed by atoms with E-state index < -0.39 is 0 Å². The molecular formula is C32H36N8O. The van der Waals surface area contributed by atoms with Crippen LogP contribution in [-0.4, -0.2) is 61.2 Å². The van der Waals surface area contributed by atoms with E-state index in [9.17, 15) is 0 Å². The number of likely N-dealkylation sites (tertiary alicyclic amines) is 1. The third kappa shape index (κ3) is 4.57. The van der Waals surface area contributed by atoms with E-state index >= 15 is 0 Å². The van der Waals surface area contributed by atoms with Crippen LogP contribution in [0.2, 0.25) is 0 Å². The van der Waals surface area contributed by atoms with Gasteiger partial charge in [0.25, 0.3) is 0 Å². The predicted octanol–water partition coefficient (Wildman–Crippen LogP) is 4.65. The highest BCUT2D eigenvalue weighted by molar-refractivity contribution is 5.68. The molecule has 2 aromatic heterocycles. The fourth-order valence-corrected chi connectivity index (χ4v) is 7.29. The standard InChI is InChI=1S/C32H36N8O/c33-30-35-31(38-40(30)28-19-24-6-3-5-22-4-1-2-7-27(22)29(24)37-36-28)34-25-11-8-21-9-12-26(13-10-23(21)18-25)39-16-14-32(20-39)15-17-41-32/h1-2,4,7-8,11,18-19,26H,3,5-6,9-10,12-17,20H2,(H3,33,34,35,38)/t26-,32+/m1/s1. The molecule has 9 nitrogen and oxygen atoms in total. The van der Waals surface area contributed by atoms with E-state index in [1.807, 2.05) is 0 Å². The van der Waals surface area contributed by atoms with Gasteiger partial charge in [0.1, 0.15) is 0 Å². The second-order valence-electron chi connectivity index (χ2n) is 12.1. The van der Waals surface area contributed by atoms with Crippen molar-refractivity contribution in [3.8, 4) is 17.1 Å². The molecule has 4 heterocycles. The van der Waals surface area contributed by atoms with Crippen LogP contribution in [0.3, 0.4) is 0 Å². The van der Waals surface area contributed by atoms with Gasteiger partial charge in [0.15, 0.2) is 5.82 Å². The predicted molar refractivity (Wildman–Crippen MR) is 158 cm³/mol. The molecule has 0 amide bonds. The monoisotopic (exact) mass is 548 g/mol. The molecule has 2 aliphatic carbocycles. The summed E-state index contributed by atoms with van der Waals surface area (Å²) in [5.74, 6) is 1.33. The molecule has 2 aliphatic heterocycles. The number of nitrogen functional groups attached to an aromatic ring is 1. The molecule has 0 bridgehead atoms. The topological polar surface area (TPSA) is 107 Å². The molecule has 8 rings (SSSR count). The van der Waals surface area contributed by atoms with Crippen molar-refractivity contribution in [2.45, 2.75) is 69.4 Å². The number of nitrogens with zero attached hydrogens (tertiary/aromatic N) is 6. The summed E-state index contributed by atoms with van der Waals surface area (Å²) >= 11 is 0. The second kappa shape index (κ2) is 9.92. The van der Waals surface area contributed by atoms with E-state index in [1.54, 1.807) is 4.68 Å². The van der Waals surface area contributed by atoms with Crippen LogP contribution in [-0.2, 0) is 30.4 Å². The van der Waals surface area contributed by atoms with Crippen LogP contribution >= 0.6 is 0 Å². The number of hydrogen-bond acceptors (Lipinski definition) is 8. The van der Waals surface area contributed by atoms with Crippen LogP contribution in [0.25, 0.3) is 17.1 Å². The Morgan fingerprint density at radius 2 is 1.76 bits per heavy atom. The molecule has 0 unspecified atom stereocenters. The van der Waals surface area contributed by atoms with Crippen LogP contribution < -0.4 is 11.1 Å². The SMILES string of the molecule is Nc1nc(Nc2ccc3c(c2)CC[C@H](N2CC[C@]4(CCO4)C2)CC3)nn1-c1cc2c(nn1)-c1ccccc1CCC2. The molecule has 2 fully saturated rings. The molecule has 0 saturated carbocycles. The van der Waals surface area contributed by atoms with Gasteiger partial charge in [0, 0.05) is 36.8 Å². The molecule has 9 heteroatoms. The fraction of sp³-hybridized carbons (Fsp3) is 0.438. The Hall–Kier alpha value is -3.82. The summed E-state index contributed by atoms with van der Waals surface area (Å²) in [5, 5.41) is 17.2. The summed E-state index contributed by atoms with van der Waals surface area (Å²) in [4.78, 5) is 7.19. The highest BCUT2D eigenvalue weighted by Crippen LogP contribution is 2.38. The number of nitrogens with one attached hydrogen (secondary N) is 1. The summed E-state index contributed by atoms with van der Waals surface area (Å²) in [6, 6.07) is 17.8. The number of hydrogen-bond donors (Lipinski definition) is 2. The van der Waals surface area contributed by atoms with Crippen LogP contribution in [0.1, 0.15) is 54.4 Å². The Labute approximate surface area is 240 Å². The summed E-state index contributed by atoms with van der Waals surface area (Å²) < 4.78 is 7.54. The number of aromatic nitrogens is 5. The minimum atomic E-state index is 0.171. The van der Waals surface area contributed by atoms with Crippen LogP contribution in [0.15, 0.2) is 48.5 Å². The van der Waals surface area contributed by atoms with E-state index in [4.69, 9.17) is 10.5 Å². The number of aryl methyl sites for hydroxylation is 4. The molecule has 41 heavy (non-hydrogen) atoms. The smallest absolute Gasteiger partial charge is 0.248 e. The molecule has 4 aromatic rings. The third-order valence-electron chi connectivity index (χ3n) is 9.66. The first-order valence-electron chi connectivity index (χ1n) is 15.1. The molecule has 2 saturated heterocycles. The van der Waals surface area contributed by atoms with E-state index in [0.717, 1.165) is 62.2 Å². The zero-order valence-electron chi connectivity index (χ0n) is 23.4. The Bertz CT molecular complexity index is 1610. The molecular weight excluding hydrogens is 512 g/mol. The molecule has 2 atom stereocenters. The normalized spacial score (nSPS) is 23.7. The third-order valence-corrected chi connectivity index (χ3v) is 9.66. The van der Waals surface area contributed by atoms with E-state index in [1.165, 1.54) is 54.5 Å². The van der Waals surface area contributed by atoms with Crippen molar-refractivity contribution >= 4 is 17.6 Å². The Balaban J connectivity index is 0.984. The average molecular weight is 549 g/mol. The van der Waals surface area contributed by atoms with Gasteiger partial charge in [-0.15, -0.1) is 15.3 Å². The van der Waals surface area contributed by atoms with Crippen LogP contribution in [0, 0.1) is 0 Å². The highest BCUT2D eigenvalue weighted by atomic mass is 16.5. The number of benzene rings is 2. The average Bonchev–Trinajstić information content (AvgIpc) is 3.45. The van der Waals surface area contributed by atoms with Crippen molar-refractivity contribution < 1.29 is 4.74 Å². The van der Waals surface area contributed by atoms with Crippen molar-refractivity contribution in [3.63, 3.8) is 0 Å². The van der Waals surface area contributed by atoms with Gasteiger partial charge in [0.05, 0.1) is 17.9 Å². The van der Waals surface area contributed by atoms with Gasteiger partial charge < -0.3 is 15.8 Å². The molecule has 0 radical (unpaired) electrons. The van der Waals surface area contributed by atoms with Gasteiger partial charge in [-0.25, -0.2) is 0 Å². The largest absolute Gasteiger partial charge is 0.373 e. The van der Waals surface area contributed by atoms with Gasteiger partial charge >= 0.3 is 0 Å². The molecule has 3 N–H and O–H groups in total. The Kier molecular flexibility index (Phi) is 6.03. The van der Waals surface area contributed by atoms with E-state index in [2.05, 4.69) is 79.0 Å². The first-order valence-corrected chi connectivity index (χ1v) is 15.1. The maximum Gasteiger partial charge on any atom is 0.248 e. The zero-order chi connectivity index (χ0) is 27.4. The van der Waals surface area contributed by atoms with E-state index in [-0.39, 0.29) is 11.5 Å². The summed E-state index contributed by atoms with van der Waals surface area (Å²) in [6.45, 7) is 3.22. The minimum Gasteiger partial charge on any atom is -0.373 e. The highest BCUT2D eigenvalue weighted by Gasteiger charge is 2.45. The number of fused-ring (bicyclic) bond motifs is 4. The van der Waals surface area contributed by atoms with Crippen molar-refractivity contribution in [2.24, 2.45) is 0 Å². The summed E-state index contributed by atoms with van der Waals surface area (Å²) in [5.41, 5.74) is 14.9. The number of nitrogens with two attached hydrogens (primary N) is 1. The molecule has 210 valence electrons. The second-order valence-corrected chi connectivity index (χ2v) is 12.1. The van der Waals surface area contributed by atoms with Crippen molar-refractivity contribution in [3.05, 3.63) is 70.8 Å². The minimum absolute atomic E-state index is 0.171. The lowest BCUT2D eigenvalue weighted by molar-refractivity contribution is -0.138. The quantitative estimate of drug-likeness (QED) is 0.355. The lowest BCUT2D eigenvalue weighted by atomic mass is 9.94. The number of ether oxygens (including phenoxy) is 1. The summed E-state index contributed by atoms with van der Waals surface area (Å²) in [6.07, 6.45) is 10.1.